The Hall–Kier alpha value is -2.76. The van der Waals surface area contributed by atoms with Crippen LogP contribution in [0.2, 0.25) is 0 Å². The number of carbonyl (C=O) groups excluding carboxylic acids is 1. The molecule has 0 aliphatic rings. The molecule has 0 saturated carbocycles. The Morgan fingerprint density at radius 2 is 1.70 bits per heavy atom. The normalized spacial score (nSPS) is 10.3. The lowest BCUT2D eigenvalue weighted by Crippen LogP contribution is -2.08. The second-order valence-electron chi connectivity index (χ2n) is 4.75. The molecule has 0 radical (unpaired) electrons. The molecule has 0 spiro atoms. The maximum atomic E-state index is 14.1. The van der Waals surface area contributed by atoms with E-state index in [4.69, 9.17) is 4.74 Å². The molecule has 23 heavy (non-hydrogen) atoms. The third-order valence-electron chi connectivity index (χ3n) is 3.06. The molecule has 6 heteroatoms. The number of carbonyl (C=O) groups is 1. The third-order valence-corrected chi connectivity index (χ3v) is 3.06. The number of methoxy groups -OCH3 is 1. The van der Waals surface area contributed by atoms with Crippen molar-refractivity contribution in [3.8, 4) is 22.6 Å². The van der Waals surface area contributed by atoms with Gasteiger partial charge in [0.15, 0.2) is 11.6 Å². The van der Waals surface area contributed by atoms with Gasteiger partial charge < -0.3 is 9.47 Å². The minimum Gasteiger partial charge on any atom is -0.494 e. The van der Waals surface area contributed by atoms with Crippen LogP contribution in [0.1, 0.15) is 6.92 Å². The first-order chi connectivity index (χ1) is 10.8. The van der Waals surface area contributed by atoms with Crippen LogP contribution in [0.25, 0.3) is 11.1 Å². The van der Waals surface area contributed by atoms with E-state index in [2.05, 4.69) is 11.3 Å². The molecule has 0 saturated heterocycles. The number of hydrogen-bond acceptors (Lipinski definition) is 3. The fraction of sp³-hybridized carbons (Fsp3) is 0.118. The quantitative estimate of drug-likeness (QED) is 0.479. The molecule has 0 heterocycles. The van der Waals surface area contributed by atoms with E-state index in [1.54, 1.807) is 0 Å². The highest BCUT2D eigenvalue weighted by atomic mass is 19.2. The molecule has 0 unspecified atom stereocenters. The molecule has 2 aromatic rings. The number of rotatable bonds is 4. The highest BCUT2D eigenvalue weighted by molar-refractivity contribution is 5.88. The first-order valence-corrected chi connectivity index (χ1v) is 6.54. The topological polar surface area (TPSA) is 35.5 Å². The molecule has 0 fully saturated rings. The van der Waals surface area contributed by atoms with E-state index in [-0.39, 0.29) is 28.2 Å². The molecule has 0 bridgehead atoms. The average Bonchev–Trinajstić information content (AvgIpc) is 2.50. The van der Waals surface area contributed by atoms with Crippen LogP contribution in [-0.4, -0.2) is 13.1 Å². The van der Waals surface area contributed by atoms with Crippen molar-refractivity contribution in [1.82, 2.24) is 0 Å². The summed E-state index contributed by atoms with van der Waals surface area (Å²) in [6.45, 7) is 4.85. The van der Waals surface area contributed by atoms with Gasteiger partial charge in [0.2, 0.25) is 5.82 Å². The molecule has 0 aromatic heterocycles. The van der Waals surface area contributed by atoms with Gasteiger partial charge in [0.05, 0.1) is 7.11 Å². The zero-order valence-electron chi connectivity index (χ0n) is 12.5. The highest BCUT2D eigenvalue weighted by Crippen LogP contribution is 2.32. The largest absolute Gasteiger partial charge is 0.494 e. The minimum atomic E-state index is -1.23. The van der Waals surface area contributed by atoms with Gasteiger partial charge in [-0.1, -0.05) is 6.58 Å². The third kappa shape index (κ3) is 3.36. The predicted molar refractivity (Wildman–Crippen MR) is 78.8 cm³/mol. The van der Waals surface area contributed by atoms with Gasteiger partial charge in [0, 0.05) is 22.8 Å². The monoisotopic (exact) mass is 322 g/mol. The van der Waals surface area contributed by atoms with Gasteiger partial charge in [-0.15, -0.1) is 0 Å². The lowest BCUT2D eigenvalue weighted by Gasteiger charge is -2.10. The number of hydrogen-bond donors (Lipinski definition) is 0. The minimum absolute atomic E-state index is 0.0614. The summed E-state index contributed by atoms with van der Waals surface area (Å²) in [5.41, 5.74) is -0.282. The van der Waals surface area contributed by atoms with Crippen LogP contribution < -0.4 is 9.47 Å². The Kier molecular flexibility index (Phi) is 4.74. The van der Waals surface area contributed by atoms with Crippen LogP contribution in [0, 0.1) is 17.5 Å². The van der Waals surface area contributed by atoms with Crippen molar-refractivity contribution in [2.75, 3.05) is 7.11 Å². The molecular formula is C17H13F3O3. The molecule has 0 N–H and O–H groups in total. The first-order valence-electron chi connectivity index (χ1n) is 6.54. The van der Waals surface area contributed by atoms with Crippen molar-refractivity contribution in [3.05, 3.63) is 59.9 Å². The van der Waals surface area contributed by atoms with Gasteiger partial charge in [-0.3, -0.25) is 0 Å². The van der Waals surface area contributed by atoms with E-state index in [1.165, 1.54) is 38.3 Å². The maximum Gasteiger partial charge on any atom is 0.338 e. The van der Waals surface area contributed by atoms with Crippen molar-refractivity contribution in [1.29, 1.82) is 0 Å². The zero-order chi connectivity index (χ0) is 17.1. The highest BCUT2D eigenvalue weighted by Gasteiger charge is 2.18. The Morgan fingerprint density at radius 3 is 2.26 bits per heavy atom. The summed E-state index contributed by atoms with van der Waals surface area (Å²) < 4.78 is 51.4. The van der Waals surface area contributed by atoms with Crippen LogP contribution >= 0.6 is 0 Å². The molecule has 2 aromatic carbocycles. The van der Waals surface area contributed by atoms with Gasteiger partial charge in [-0.25, -0.2) is 13.6 Å². The van der Waals surface area contributed by atoms with Gasteiger partial charge >= 0.3 is 5.97 Å². The molecule has 2 rings (SSSR count). The maximum absolute atomic E-state index is 14.1. The van der Waals surface area contributed by atoms with Gasteiger partial charge in [-0.05, 0) is 31.2 Å². The molecule has 0 amide bonds. The van der Waals surface area contributed by atoms with Crippen LogP contribution in [0.5, 0.6) is 11.5 Å². The fourth-order valence-electron chi connectivity index (χ4n) is 1.87. The average molecular weight is 322 g/mol. The lowest BCUT2D eigenvalue weighted by atomic mass is 10.0. The zero-order valence-corrected chi connectivity index (χ0v) is 12.5. The van der Waals surface area contributed by atoms with Crippen molar-refractivity contribution in [3.63, 3.8) is 0 Å². The van der Waals surface area contributed by atoms with E-state index in [1.807, 2.05) is 0 Å². The Labute approximate surface area is 131 Å². The van der Waals surface area contributed by atoms with Gasteiger partial charge in [0.25, 0.3) is 0 Å². The summed E-state index contributed by atoms with van der Waals surface area (Å²) >= 11 is 0. The molecule has 0 aliphatic carbocycles. The molecular weight excluding hydrogens is 309 g/mol. The molecule has 0 atom stereocenters. The smallest absolute Gasteiger partial charge is 0.338 e. The van der Waals surface area contributed by atoms with Crippen molar-refractivity contribution in [2.45, 2.75) is 6.92 Å². The van der Waals surface area contributed by atoms with Crippen molar-refractivity contribution in [2.24, 2.45) is 0 Å². The molecule has 3 nitrogen and oxygen atoms in total. The van der Waals surface area contributed by atoms with Crippen molar-refractivity contribution < 1.29 is 27.4 Å². The SMILES string of the molecule is C=C(C)C(=O)Oc1ccc(-c2ccc(OC)c(F)c2F)c(F)c1. The standard InChI is InChI=1S/C17H13F3O3/c1-9(2)17(21)23-10-4-5-11(13(18)8-10)12-6-7-14(22-3)16(20)15(12)19/h4-8H,1H2,2-3H3. The predicted octanol–water partition coefficient (Wildman–Crippen LogP) is 4.26. The second kappa shape index (κ2) is 6.56. The summed E-state index contributed by atoms with van der Waals surface area (Å²) in [7, 11) is 1.20. The number of benzene rings is 2. The summed E-state index contributed by atoms with van der Waals surface area (Å²) in [5.74, 6) is -4.34. The summed E-state index contributed by atoms with van der Waals surface area (Å²) in [4.78, 5) is 11.4. The van der Waals surface area contributed by atoms with E-state index < -0.39 is 23.4 Å². The second-order valence-corrected chi connectivity index (χ2v) is 4.75. The van der Waals surface area contributed by atoms with Crippen LogP contribution in [-0.2, 0) is 4.79 Å². The lowest BCUT2D eigenvalue weighted by molar-refractivity contribution is -0.130. The Bertz CT molecular complexity index is 785. The fourth-order valence-corrected chi connectivity index (χ4v) is 1.87. The van der Waals surface area contributed by atoms with Crippen molar-refractivity contribution >= 4 is 5.97 Å². The molecule has 120 valence electrons. The summed E-state index contributed by atoms with van der Waals surface area (Å²) in [6, 6.07) is 5.79. The number of ether oxygens (including phenoxy) is 2. The molecule has 0 aliphatic heterocycles. The Balaban J connectivity index is 2.41. The van der Waals surface area contributed by atoms with Crippen LogP contribution in [0.4, 0.5) is 13.2 Å². The Morgan fingerprint density at radius 1 is 1.04 bits per heavy atom. The van der Waals surface area contributed by atoms with Gasteiger partial charge in [0.1, 0.15) is 11.6 Å². The first kappa shape index (κ1) is 16.6. The van der Waals surface area contributed by atoms with Crippen LogP contribution in [0.3, 0.4) is 0 Å². The van der Waals surface area contributed by atoms with E-state index >= 15 is 0 Å². The van der Waals surface area contributed by atoms with E-state index in [9.17, 15) is 18.0 Å². The number of halogens is 3. The number of esters is 1. The summed E-state index contributed by atoms with van der Waals surface area (Å²) in [6.07, 6.45) is 0. The van der Waals surface area contributed by atoms with Crippen LogP contribution in [0.15, 0.2) is 42.5 Å². The van der Waals surface area contributed by atoms with E-state index in [0.717, 1.165) is 6.07 Å². The van der Waals surface area contributed by atoms with E-state index in [0.29, 0.717) is 0 Å². The summed E-state index contributed by atoms with van der Waals surface area (Å²) in [5, 5.41) is 0. The van der Waals surface area contributed by atoms with Gasteiger partial charge in [-0.2, -0.15) is 4.39 Å².